The highest BCUT2D eigenvalue weighted by atomic mass is 16.7. The van der Waals surface area contributed by atoms with Crippen molar-refractivity contribution in [2.45, 2.75) is 20.4 Å². The van der Waals surface area contributed by atoms with Gasteiger partial charge >= 0.3 is 0 Å². The van der Waals surface area contributed by atoms with E-state index in [-0.39, 0.29) is 5.91 Å². The molecular formula is C18H29N3O3+2. The van der Waals surface area contributed by atoms with Gasteiger partial charge in [0.2, 0.25) is 6.79 Å². The Labute approximate surface area is 143 Å². The molecule has 0 unspecified atom stereocenters. The minimum Gasteiger partial charge on any atom is -0.454 e. The summed E-state index contributed by atoms with van der Waals surface area (Å²) in [4.78, 5) is 14.9. The summed E-state index contributed by atoms with van der Waals surface area (Å²) in [7, 11) is 0. The van der Waals surface area contributed by atoms with Crippen molar-refractivity contribution >= 4 is 5.91 Å². The predicted octanol–water partition coefficient (Wildman–Crippen LogP) is -1.53. The van der Waals surface area contributed by atoms with Crippen molar-refractivity contribution in [1.29, 1.82) is 0 Å². The van der Waals surface area contributed by atoms with Gasteiger partial charge in [0.15, 0.2) is 18.0 Å². The second-order valence-corrected chi connectivity index (χ2v) is 7.24. The van der Waals surface area contributed by atoms with E-state index in [0.717, 1.165) is 50.8 Å². The van der Waals surface area contributed by atoms with Crippen molar-refractivity contribution in [2.24, 2.45) is 5.92 Å². The average Bonchev–Trinajstić information content (AvgIpc) is 3.02. The molecule has 2 aliphatic heterocycles. The monoisotopic (exact) mass is 335 g/mol. The molecule has 2 aliphatic rings. The molecule has 24 heavy (non-hydrogen) atoms. The lowest BCUT2D eigenvalue weighted by molar-refractivity contribution is -1.02. The van der Waals surface area contributed by atoms with E-state index in [1.807, 2.05) is 6.07 Å². The SMILES string of the molecule is CC(C)CNC(=O)C[NH+]1CC[NH+](Cc2ccc3c(c2)OCO3)CC1. The lowest BCUT2D eigenvalue weighted by Crippen LogP contribution is -3.28. The van der Waals surface area contributed by atoms with Crippen LogP contribution in [0.1, 0.15) is 19.4 Å². The Balaban J connectivity index is 1.41. The number of amides is 1. The van der Waals surface area contributed by atoms with Crippen LogP contribution in [0.15, 0.2) is 18.2 Å². The summed E-state index contributed by atoms with van der Waals surface area (Å²) in [5, 5.41) is 3.01. The van der Waals surface area contributed by atoms with E-state index in [4.69, 9.17) is 9.47 Å². The Morgan fingerprint density at radius 1 is 1.12 bits per heavy atom. The summed E-state index contributed by atoms with van der Waals surface area (Å²) in [6.45, 7) is 11.2. The molecule has 3 rings (SSSR count). The number of hydrogen-bond acceptors (Lipinski definition) is 3. The summed E-state index contributed by atoms with van der Waals surface area (Å²) in [5.74, 6) is 2.39. The number of fused-ring (bicyclic) bond motifs is 1. The Morgan fingerprint density at radius 2 is 1.83 bits per heavy atom. The van der Waals surface area contributed by atoms with E-state index >= 15 is 0 Å². The largest absolute Gasteiger partial charge is 0.454 e. The normalized spacial score (nSPS) is 22.6. The van der Waals surface area contributed by atoms with Crippen LogP contribution in [-0.2, 0) is 11.3 Å². The van der Waals surface area contributed by atoms with Gasteiger partial charge in [0.05, 0.1) is 0 Å². The van der Waals surface area contributed by atoms with Crippen molar-refractivity contribution in [3.8, 4) is 11.5 Å². The van der Waals surface area contributed by atoms with Gasteiger partial charge < -0.3 is 24.6 Å². The molecule has 0 saturated carbocycles. The van der Waals surface area contributed by atoms with Crippen LogP contribution in [0.25, 0.3) is 0 Å². The molecule has 1 aromatic carbocycles. The van der Waals surface area contributed by atoms with Crippen molar-refractivity contribution < 1.29 is 24.1 Å². The van der Waals surface area contributed by atoms with Crippen molar-refractivity contribution in [1.82, 2.24) is 5.32 Å². The smallest absolute Gasteiger partial charge is 0.275 e. The van der Waals surface area contributed by atoms with Gasteiger partial charge in [0.1, 0.15) is 32.7 Å². The molecule has 6 nitrogen and oxygen atoms in total. The van der Waals surface area contributed by atoms with Gasteiger partial charge in [0, 0.05) is 12.1 Å². The molecule has 0 bridgehead atoms. The van der Waals surface area contributed by atoms with Crippen LogP contribution in [0, 0.1) is 5.92 Å². The number of nitrogens with one attached hydrogen (secondary N) is 3. The predicted molar refractivity (Wildman–Crippen MR) is 90.4 cm³/mol. The quantitative estimate of drug-likeness (QED) is 0.591. The van der Waals surface area contributed by atoms with Gasteiger partial charge in [-0.25, -0.2) is 0 Å². The molecule has 1 fully saturated rings. The lowest BCUT2D eigenvalue weighted by atomic mass is 10.1. The summed E-state index contributed by atoms with van der Waals surface area (Å²) < 4.78 is 10.8. The highest BCUT2D eigenvalue weighted by Gasteiger charge is 2.25. The fourth-order valence-corrected chi connectivity index (χ4v) is 3.26. The first-order chi connectivity index (χ1) is 11.6. The number of benzene rings is 1. The fourth-order valence-electron chi connectivity index (χ4n) is 3.26. The maximum atomic E-state index is 11.9. The molecule has 0 aromatic heterocycles. The maximum absolute atomic E-state index is 11.9. The Bertz CT molecular complexity index is 569. The van der Waals surface area contributed by atoms with E-state index < -0.39 is 0 Å². The zero-order chi connectivity index (χ0) is 16.9. The van der Waals surface area contributed by atoms with Crippen LogP contribution in [0.3, 0.4) is 0 Å². The van der Waals surface area contributed by atoms with Crippen LogP contribution >= 0.6 is 0 Å². The topological polar surface area (TPSA) is 56.4 Å². The number of quaternary nitrogens is 2. The third-order valence-corrected chi connectivity index (χ3v) is 4.67. The molecule has 132 valence electrons. The number of ether oxygens (including phenoxy) is 2. The summed E-state index contributed by atoms with van der Waals surface area (Å²) >= 11 is 0. The summed E-state index contributed by atoms with van der Waals surface area (Å²) in [6.07, 6.45) is 0. The molecule has 0 spiro atoms. The summed E-state index contributed by atoms with van der Waals surface area (Å²) in [5.41, 5.74) is 1.28. The minimum atomic E-state index is 0.179. The molecule has 1 saturated heterocycles. The molecule has 1 amide bonds. The number of hydrogen-bond donors (Lipinski definition) is 3. The molecule has 0 radical (unpaired) electrons. The van der Waals surface area contributed by atoms with E-state index in [0.29, 0.717) is 19.3 Å². The maximum Gasteiger partial charge on any atom is 0.275 e. The first-order valence-corrected chi connectivity index (χ1v) is 8.92. The molecule has 0 atom stereocenters. The van der Waals surface area contributed by atoms with Crippen molar-refractivity contribution in [3.05, 3.63) is 23.8 Å². The first kappa shape index (κ1) is 17.0. The van der Waals surface area contributed by atoms with E-state index in [2.05, 4.69) is 31.3 Å². The second-order valence-electron chi connectivity index (χ2n) is 7.24. The van der Waals surface area contributed by atoms with Crippen LogP contribution in [0.4, 0.5) is 0 Å². The van der Waals surface area contributed by atoms with Crippen LogP contribution in [-0.4, -0.2) is 52.0 Å². The molecular weight excluding hydrogens is 306 g/mol. The second kappa shape index (κ2) is 7.85. The molecule has 1 aromatic rings. The van der Waals surface area contributed by atoms with Crippen molar-refractivity contribution in [2.75, 3.05) is 46.1 Å². The van der Waals surface area contributed by atoms with Gasteiger partial charge in [-0.05, 0) is 24.1 Å². The van der Waals surface area contributed by atoms with Gasteiger partial charge in [-0.1, -0.05) is 13.8 Å². The molecule has 2 heterocycles. The van der Waals surface area contributed by atoms with Crippen LogP contribution in [0.2, 0.25) is 0 Å². The number of carbonyl (C=O) groups excluding carboxylic acids is 1. The third-order valence-electron chi connectivity index (χ3n) is 4.67. The average molecular weight is 335 g/mol. The summed E-state index contributed by atoms with van der Waals surface area (Å²) in [6, 6.07) is 6.21. The lowest BCUT2D eigenvalue weighted by Gasteiger charge is -2.29. The number of piperazine rings is 1. The molecule has 3 N–H and O–H groups in total. The Kier molecular flexibility index (Phi) is 5.58. The molecule has 6 heteroatoms. The molecule has 0 aliphatic carbocycles. The van der Waals surface area contributed by atoms with Gasteiger partial charge in [-0.3, -0.25) is 4.79 Å². The fraction of sp³-hybridized carbons (Fsp3) is 0.611. The van der Waals surface area contributed by atoms with Crippen molar-refractivity contribution in [3.63, 3.8) is 0 Å². The van der Waals surface area contributed by atoms with Gasteiger partial charge in [-0.2, -0.15) is 0 Å². The third kappa shape index (κ3) is 4.61. The zero-order valence-electron chi connectivity index (χ0n) is 14.7. The first-order valence-electron chi connectivity index (χ1n) is 8.92. The Morgan fingerprint density at radius 3 is 2.58 bits per heavy atom. The highest BCUT2D eigenvalue weighted by Crippen LogP contribution is 2.32. The zero-order valence-corrected chi connectivity index (χ0v) is 14.7. The van der Waals surface area contributed by atoms with Gasteiger partial charge in [0.25, 0.3) is 5.91 Å². The standard InChI is InChI=1S/C18H27N3O3/c1-14(2)10-19-18(22)12-21-7-5-20(6-8-21)11-15-3-4-16-17(9-15)24-13-23-16/h3-4,9,14H,5-8,10-13H2,1-2H3,(H,19,22)/p+2. The minimum absolute atomic E-state index is 0.179. The van der Waals surface area contributed by atoms with E-state index in [9.17, 15) is 4.79 Å². The van der Waals surface area contributed by atoms with Gasteiger partial charge in [-0.15, -0.1) is 0 Å². The van der Waals surface area contributed by atoms with Crippen LogP contribution < -0.4 is 24.6 Å². The van der Waals surface area contributed by atoms with E-state index in [1.165, 1.54) is 10.5 Å². The van der Waals surface area contributed by atoms with Crippen LogP contribution in [0.5, 0.6) is 11.5 Å². The Hall–Kier alpha value is -1.79. The number of rotatable bonds is 6. The number of carbonyl (C=O) groups is 1. The van der Waals surface area contributed by atoms with E-state index in [1.54, 1.807) is 4.90 Å². The highest BCUT2D eigenvalue weighted by molar-refractivity contribution is 5.76.